The number of hydrogen-bond acceptors (Lipinski definition) is 7. The molecule has 1 saturated carbocycles. The van der Waals surface area contributed by atoms with Gasteiger partial charge in [-0.3, -0.25) is 4.52 Å². The van der Waals surface area contributed by atoms with Crippen LogP contribution in [0.1, 0.15) is 25.0 Å². The molecule has 0 saturated heterocycles. The molecule has 41 heavy (non-hydrogen) atoms. The molecule has 0 spiro atoms. The minimum atomic E-state index is -4.56. The molecule has 2 aromatic carbocycles. The number of rotatable bonds is 11. The van der Waals surface area contributed by atoms with Crippen LogP contribution in [0.3, 0.4) is 0 Å². The van der Waals surface area contributed by atoms with E-state index in [4.69, 9.17) is 26.1 Å². The Morgan fingerprint density at radius 1 is 1.15 bits per heavy atom. The summed E-state index contributed by atoms with van der Waals surface area (Å²) in [7, 11) is -7.92. The Balaban J connectivity index is 1.26. The number of ether oxygens (including phenoxy) is 1. The lowest BCUT2D eigenvalue weighted by Gasteiger charge is -2.12. The van der Waals surface area contributed by atoms with E-state index in [0.29, 0.717) is 59.4 Å². The first-order chi connectivity index (χ1) is 19.6. The summed E-state index contributed by atoms with van der Waals surface area (Å²) in [5.41, 5.74) is 3.36. The number of H-pyrrole nitrogens is 1. The zero-order valence-electron chi connectivity index (χ0n) is 21.6. The lowest BCUT2D eigenvalue weighted by atomic mass is 9.99. The van der Waals surface area contributed by atoms with Gasteiger partial charge in [-0.25, -0.2) is 23.0 Å². The fraction of sp³-hybridized carbons (Fsp3) is 0.259. The Morgan fingerprint density at radius 2 is 1.98 bits per heavy atom. The molecule has 0 aliphatic heterocycles. The Labute approximate surface area is 240 Å². The highest BCUT2D eigenvalue weighted by molar-refractivity contribution is 7.92. The number of halogens is 1. The molecule has 1 aliphatic rings. The predicted molar refractivity (Wildman–Crippen MR) is 153 cm³/mol. The highest BCUT2D eigenvalue weighted by Gasteiger charge is 2.37. The molecule has 3 aromatic heterocycles. The maximum absolute atomic E-state index is 12.9. The second-order valence-corrected chi connectivity index (χ2v) is 13.8. The molecule has 0 unspecified atom stereocenters. The van der Waals surface area contributed by atoms with Crippen LogP contribution in [0.15, 0.2) is 66.1 Å². The van der Waals surface area contributed by atoms with E-state index in [0.717, 1.165) is 27.4 Å². The molecule has 0 bridgehead atoms. The fourth-order valence-electron chi connectivity index (χ4n) is 4.79. The number of nitrogens with one attached hydrogen (secondary N) is 1. The van der Waals surface area contributed by atoms with E-state index >= 15 is 0 Å². The summed E-state index contributed by atoms with van der Waals surface area (Å²) in [6.07, 6.45) is 6.81. The smallest absolute Gasteiger partial charge is 0.469 e. The number of fused-ring (bicyclic) bond motifs is 3. The van der Waals surface area contributed by atoms with Crippen molar-refractivity contribution in [3.8, 4) is 16.9 Å². The molecule has 214 valence electrons. The van der Waals surface area contributed by atoms with Crippen molar-refractivity contribution in [2.24, 2.45) is 0 Å². The summed E-state index contributed by atoms with van der Waals surface area (Å²) in [5.74, 6) is 0.612. The summed E-state index contributed by atoms with van der Waals surface area (Å²) in [5, 5.41) is 1.81. The van der Waals surface area contributed by atoms with Crippen LogP contribution in [0.5, 0.6) is 5.75 Å². The molecular formula is C27H26ClN4O7PS. The normalized spacial score (nSPS) is 14.2. The average molecular weight is 617 g/mol. The first kappa shape index (κ1) is 27.9. The largest absolute Gasteiger partial charge is 0.491 e. The number of sulfone groups is 1. The molecular weight excluding hydrogens is 591 g/mol. The van der Waals surface area contributed by atoms with Gasteiger partial charge >= 0.3 is 7.82 Å². The third-order valence-corrected chi connectivity index (χ3v) is 9.79. The Morgan fingerprint density at radius 3 is 2.76 bits per heavy atom. The van der Waals surface area contributed by atoms with Crippen molar-refractivity contribution < 1.29 is 32.0 Å². The molecule has 0 amide bonds. The number of pyridine rings is 1. The third-order valence-electron chi connectivity index (χ3n) is 6.86. The van der Waals surface area contributed by atoms with E-state index in [9.17, 15) is 13.0 Å². The second-order valence-electron chi connectivity index (χ2n) is 9.88. The van der Waals surface area contributed by atoms with Crippen LogP contribution >= 0.6 is 19.4 Å². The predicted octanol–water partition coefficient (Wildman–Crippen LogP) is 5.25. The molecule has 0 atom stereocenters. The fourth-order valence-corrected chi connectivity index (χ4v) is 6.95. The summed E-state index contributed by atoms with van der Waals surface area (Å²) in [6.45, 7) is 0.655. The SMILES string of the molecule is O=P(O)(O)OCc1cn(CCCOc2ccc(-c3cccc(S(=O)(=O)C4CC4)c3)c3c2[nH]c2ncc(Cl)cc23)cn1. The average Bonchev–Trinajstić information content (AvgIpc) is 3.60. The van der Waals surface area contributed by atoms with E-state index in [-0.39, 0.29) is 11.9 Å². The van der Waals surface area contributed by atoms with E-state index in [1.54, 1.807) is 41.5 Å². The van der Waals surface area contributed by atoms with Crippen LogP contribution in [-0.4, -0.2) is 49.6 Å². The third kappa shape index (κ3) is 6.04. The Hall–Kier alpha value is -3.25. The number of nitrogens with zero attached hydrogens (tertiary/aromatic N) is 3. The summed E-state index contributed by atoms with van der Waals surface area (Å²) >= 11 is 6.30. The van der Waals surface area contributed by atoms with Crippen molar-refractivity contribution in [2.45, 2.75) is 42.6 Å². The topological polar surface area (TPSA) is 157 Å². The number of imidazole rings is 1. The zero-order valence-corrected chi connectivity index (χ0v) is 24.1. The molecule has 5 aromatic rings. The van der Waals surface area contributed by atoms with Crippen LogP contribution in [0.25, 0.3) is 33.1 Å². The number of aromatic amines is 1. The van der Waals surface area contributed by atoms with Gasteiger partial charge in [-0.15, -0.1) is 0 Å². The molecule has 3 N–H and O–H groups in total. The summed E-state index contributed by atoms with van der Waals surface area (Å²) < 4.78 is 49.2. The monoisotopic (exact) mass is 616 g/mol. The van der Waals surface area contributed by atoms with Gasteiger partial charge in [0, 0.05) is 29.7 Å². The lowest BCUT2D eigenvalue weighted by molar-refractivity contribution is 0.187. The van der Waals surface area contributed by atoms with Crippen molar-refractivity contribution >= 4 is 51.2 Å². The molecule has 1 aliphatic carbocycles. The van der Waals surface area contributed by atoms with E-state index in [2.05, 4.69) is 19.5 Å². The minimum Gasteiger partial charge on any atom is -0.491 e. The van der Waals surface area contributed by atoms with Gasteiger partial charge in [-0.05, 0) is 60.7 Å². The van der Waals surface area contributed by atoms with Gasteiger partial charge in [-0.2, -0.15) is 0 Å². The number of aryl methyl sites for hydroxylation is 1. The highest BCUT2D eigenvalue weighted by Crippen LogP contribution is 2.41. The zero-order chi connectivity index (χ0) is 28.8. The van der Waals surface area contributed by atoms with Gasteiger partial charge in [0.25, 0.3) is 0 Å². The van der Waals surface area contributed by atoms with Crippen molar-refractivity contribution in [3.63, 3.8) is 0 Å². The van der Waals surface area contributed by atoms with Crippen molar-refractivity contribution in [2.75, 3.05) is 6.61 Å². The Kier molecular flexibility index (Phi) is 7.39. The van der Waals surface area contributed by atoms with Crippen LogP contribution in [0.2, 0.25) is 5.02 Å². The molecule has 14 heteroatoms. The van der Waals surface area contributed by atoms with Crippen molar-refractivity contribution in [3.05, 3.63) is 71.9 Å². The first-order valence-corrected chi connectivity index (χ1v) is 16.3. The molecule has 6 rings (SSSR count). The number of hydrogen-bond donors (Lipinski definition) is 3. The molecule has 0 radical (unpaired) electrons. The van der Waals surface area contributed by atoms with Crippen LogP contribution in [0, 0.1) is 0 Å². The van der Waals surface area contributed by atoms with Crippen molar-refractivity contribution in [1.29, 1.82) is 0 Å². The maximum Gasteiger partial charge on any atom is 0.469 e. The molecule has 11 nitrogen and oxygen atoms in total. The lowest BCUT2D eigenvalue weighted by Crippen LogP contribution is -2.07. The molecule has 1 fully saturated rings. The molecule has 3 heterocycles. The summed E-state index contributed by atoms with van der Waals surface area (Å²) in [4.78, 5) is 29.9. The second kappa shape index (κ2) is 10.9. The van der Waals surface area contributed by atoms with Gasteiger partial charge in [0.15, 0.2) is 9.84 Å². The highest BCUT2D eigenvalue weighted by atomic mass is 35.5. The van der Waals surface area contributed by atoms with E-state index in [1.165, 1.54) is 0 Å². The van der Waals surface area contributed by atoms with Gasteiger partial charge in [0.05, 0.1) is 39.3 Å². The first-order valence-electron chi connectivity index (χ1n) is 12.9. The van der Waals surface area contributed by atoms with Crippen LogP contribution < -0.4 is 4.74 Å². The standard InChI is InChI=1S/C27H26ClN4O7PS/c28-18-12-23-25-22(17-3-1-4-21(11-17)41(36,37)20-5-6-20)7-8-24(26(25)31-27(23)29-13-18)38-10-2-9-32-14-19(30-16-32)15-39-40(33,34)35/h1,3-4,7-8,11-14,16,20H,2,5-6,9-10,15H2,(H,29,31)(H2,33,34,35). The van der Waals surface area contributed by atoms with Crippen LogP contribution in [0.4, 0.5) is 0 Å². The minimum absolute atomic E-state index is 0.286. The van der Waals surface area contributed by atoms with E-state index in [1.807, 2.05) is 24.3 Å². The van der Waals surface area contributed by atoms with Gasteiger partial charge in [-0.1, -0.05) is 23.7 Å². The van der Waals surface area contributed by atoms with Gasteiger partial charge in [0.1, 0.15) is 18.0 Å². The number of aromatic nitrogens is 4. The number of phosphoric acid groups is 1. The Bertz CT molecular complexity index is 1910. The van der Waals surface area contributed by atoms with Gasteiger partial charge in [0.2, 0.25) is 0 Å². The summed E-state index contributed by atoms with van der Waals surface area (Å²) in [6, 6.07) is 12.6. The quantitative estimate of drug-likeness (QED) is 0.133. The number of phosphoric ester groups is 1. The maximum atomic E-state index is 12.9. The van der Waals surface area contributed by atoms with Crippen molar-refractivity contribution in [1.82, 2.24) is 19.5 Å². The number of benzene rings is 2. The van der Waals surface area contributed by atoms with E-state index < -0.39 is 17.7 Å². The van der Waals surface area contributed by atoms with Gasteiger partial charge < -0.3 is 24.1 Å². The van der Waals surface area contributed by atoms with Crippen LogP contribution in [-0.2, 0) is 32.1 Å².